The summed E-state index contributed by atoms with van der Waals surface area (Å²) in [5.74, 6) is -0.245. The average molecular weight is 385 g/mol. The number of ether oxygens (including phenoxy) is 1. The minimum atomic E-state index is -0.536. The minimum Gasteiger partial charge on any atom is -0.453 e. The molecule has 0 spiro atoms. The maximum atomic E-state index is 12.5. The Morgan fingerprint density at radius 3 is 2.48 bits per heavy atom. The number of halogens is 1. The van der Waals surface area contributed by atoms with Crippen molar-refractivity contribution in [3.63, 3.8) is 0 Å². The first-order valence-electron chi connectivity index (χ1n) is 8.08. The Balaban J connectivity index is 1.64. The molecule has 0 saturated heterocycles. The Labute approximate surface area is 160 Å². The van der Waals surface area contributed by atoms with E-state index in [0.29, 0.717) is 28.5 Å². The first-order valence-corrected chi connectivity index (χ1v) is 8.46. The summed E-state index contributed by atoms with van der Waals surface area (Å²) in [6.45, 7) is 0.336. The summed E-state index contributed by atoms with van der Waals surface area (Å²) >= 11 is 5.90. The van der Waals surface area contributed by atoms with E-state index < -0.39 is 6.09 Å². The number of nitrogens with zero attached hydrogens (tertiary/aromatic N) is 1. The van der Waals surface area contributed by atoms with Gasteiger partial charge in [-0.3, -0.25) is 15.2 Å². The summed E-state index contributed by atoms with van der Waals surface area (Å²) in [6.07, 6.45) is 0.952. The van der Waals surface area contributed by atoms with Crippen LogP contribution in [0, 0.1) is 0 Å². The van der Waals surface area contributed by atoms with Gasteiger partial charge in [-0.15, -0.1) is 0 Å². The zero-order valence-corrected chi connectivity index (χ0v) is 15.2. The van der Waals surface area contributed by atoms with Gasteiger partial charge in [-0.1, -0.05) is 35.9 Å². The number of carbonyl (C=O) groups is 2. The molecule has 3 aromatic rings. The van der Waals surface area contributed by atoms with Gasteiger partial charge in [0.1, 0.15) is 0 Å². The predicted octanol–water partition coefficient (Wildman–Crippen LogP) is 3.84. The van der Waals surface area contributed by atoms with Crippen LogP contribution in [0.1, 0.15) is 15.9 Å². The molecule has 1 heterocycles. The number of aromatic amines is 1. The van der Waals surface area contributed by atoms with Crippen LogP contribution >= 0.6 is 11.6 Å². The summed E-state index contributed by atoms with van der Waals surface area (Å²) in [4.78, 5) is 23.7. The van der Waals surface area contributed by atoms with Gasteiger partial charge in [0.25, 0.3) is 5.91 Å². The number of rotatable bonds is 5. The van der Waals surface area contributed by atoms with Crippen LogP contribution in [0.2, 0.25) is 5.02 Å². The van der Waals surface area contributed by atoms with Gasteiger partial charge in [0.05, 0.1) is 24.6 Å². The van der Waals surface area contributed by atoms with Crippen molar-refractivity contribution >= 4 is 29.3 Å². The van der Waals surface area contributed by atoms with Crippen LogP contribution in [0.25, 0.3) is 11.3 Å². The van der Waals surface area contributed by atoms with E-state index >= 15 is 0 Å². The van der Waals surface area contributed by atoms with Crippen molar-refractivity contribution in [1.29, 1.82) is 0 Å². The lowest BCUT2D eigenvalue weighted by atomic mass is 10.1. The maximum Gasteiger partial charge on any atom is 0.411 e. The molecule has 0 fully saturated rings. The highest BCUT2D eigenvalue weighted by atomic mass is 35.5. The number of carbonyl (C=O) groups excluding carboxylic acids is 2. The third-order valence-electron chi connectivity index (χ3n) is 3.86. The molecule has 3 N–H and O–H groups in total. The predicted molar refractivity (Wildman–Crippen MR) is 103 cm³/mol. The standard InChI is InChI=1S/C19H17ClN4O3/c1-27-19(26)23-15-8-2-12(3-9-15)10-21-18(25)16-11-22-24-17(16)13-4-6-14(20)7-5-13/h2-9,11H,10H2,1H3,(H,21,25)(H,22,24)(H,23,26). The number of methoxy groups -OCH3 is 1. The van der Waals surface area contributed by atoms with E-state index in [1.54, 1.807) is 36.4 Å². The van der Waals surface area contributed by atoms with Crippen LogP contribution in [0.15, 0.2) is 54.7 Å². The van der Waals surface area contributed by atoms with Crippen molar-refractivity contribution in [2.45, 2.75) is 6.54 Å². The third-order valence-corrected chi connectivity index (χ3v) is 4.11. The van der Waals surface area contributed by atoms with Gasteiger partial charge in [0, 0.05) is 22.8 Å². The van der Waals surface area contributed by atoms with Crippen molar-refractivity contribution in [3.05, 3.63) is 70.9 Å². The van der Waals surface area contributed by atoms with Crippen LogP contribution in [-0.4, -0.2) is 29.3 Å². The number of amides is 2. The van der Waals surface area contributed by atoms with E-state index in [-0.39, 0.29) is 5.91 Å². The normalized spacial score (nSPS) is 10.3. The molecular formula is C19H17ClN4O3. The van der Waals surface area contributed by atoms with Gasteiger partial charge in [-0.05, 0) is 29.8 Å². The first-order chi connectivity index (χ1) is 13.1. The Kier molecular flexibility index (Phi) is 5.73. The molecule has 138 valence electrons. The molecular weight excluding hydrogens is 368 g/mol. The molecule has 0 aliphatic heterocycles. The van der Waals surface area contributed by atoms with E-state index in [1.165, 1.54) is 13.3 Å². The Hall–Kier alpha value is -3.32. The molecule has 0 aliphatic rings. The van der Waals surface area contributed by atoms with E-state index in [9.17, 15) is 9.59 Å². The van der Waals surface area contributed by atoms with E-state index in [0.717, 1.165) is 11.1 Å². The fourth-order valence-electron chi connectivity index (χ4n) is 2.45. The summed E-state index contributed by atoms with van der Waals surface area (Å²) in [6, 6.07) is 14.2. The SMILES string of the molecule is COC(=O)Nc1ccc(CNC(=O)c2cn[nH]c2-c2ccc(Cl)cc2)cc1. The molecule has 8 heteroatoms. The fourth-order valence-corrected chi connectivity index (χ4v) is 2.57. The Bertz CT molecular complexity index is 936. The Morgan fingerprint density at radius 2 is 1.81 bits per heavy atom. The average Bonchev–Trinajstić information content (AvgIpc) is 3.17. The van der Waals surface area contributed by atoms with Gasteiger partial charge >= 0.3 is 6.09 Å². The quantitative estimate of drug-likeness (QED) is 0.622. The van der Waals surface area contributed by atoms with Gasteiger partial charge in [0.2, 0.25) is 0 Å². The zero-order chi connectivity index (χ0) is 19.2. The highest BCUT2D eigenvalue weighted by Gasteiger charge is 2.15. The number of aromatic nitrogens is 2. The molecule has 0 radical (unpaired) electrons. The van der Waals surface area contributed by atoms with Crippen molar-refractivity contribution in [1.82, 2.24) is 15.5 Å². The second-order valence-corrected chi connectivity index (χ2v) is 6.10. The highest BCUT2D eigenvalue weighted by Crippen LogP contribution is 2.23. The largest absolute Gasteiger partial charge is 0.453 e. The summed E-state index contributed by atoms with van der Waals surface area (Å²) < 4.78 is 4.54. The lowest BCUT2D eigenvalue weighted by molar-refractivity contribution is 0.0951. The van der Waals surface area contributed by atoms with E-state index in [2.05, 4.69) is 25.6 Å². The number of nitrogens with one attached hydrogen (secondary N) is 3. The summed E-state index contributed by atoms with van der Waals surface area (Å²) in [5.41, 5.74) is 3.38. The summed E-state index contributed by atoms with van der Waals surface area (Å²) in [5, 5.41) is 12.9. The molecule has 27 heavy (non-hydrogen) atoms. The van der Waals surface area contributed by atoms with Crippen molar-refractivity contribution < 1.29 is 14.3 Å². The van der Waals surface area contributed by atoms with Crippen LogP contribution < -0.4 is 10.6 Å². The van der Waals surface area contributed by atoms with E-state index in [1.807, 2.05) is 12.1 Å². The fraction of sp³-hybridized carbons (Fsp3) is 0.105. The molecule has 2 amide bonds. The van der Waals surface area contributed by atoms with Gasteiger partial charge in [-0.2, -0.15) is 5.10 Å². The van der Waals surface area contributed by atoms with Crippen LogP contribution in [0.4, 0.5) is 10.5 Å². The van der Waals surface area contributed by atoms with Gasteiger partial charge in [0.15, 0.2) is 0 Å². The number of H-pyrrole nitrogens is 1. The monoisotopic (exact) mass is 384 g/mol. The van der Waals surface area contributed by atoms with Gasteiger partial charge in [-0.25, -0.2) is 4.79 Å². The highest BCUT2D eigenvalue weighted by molar-refractivity contribution is 6.30. The molecule has 0 atom stereocenters. The molecule has 0 unspecified atom stereocenters. The summed E-state index contributed by atoms with van der Waals surface area (Å²) in [7, 11) is 1.30. The number of benzene rings is 2. The lowest BCUT2D eigenvalue weighted by Crippen LogP contribution is -2.23. The second kappa shape index (κ2) is 8.37. The lowest BCUT2D eigenvalue weighted by Gasteiger charge is -2.08. The van der Waals surface area contributed by atoms with Crippen molar-refractivity contribution in [2.24, 2.45) is 0 Å². The zero-order valence-electron chi connectivity index (χ0n) is 14.5. The van der Waals surface area contributed by atoms with E-state index in [4.69, 9.17) is 11.6 Å². The third kappa shape index (κ3) is 4.65. The molecule has 7 nitrogen and oxygen atoms in total. The minimum absolute atomic E-state index is 0.245. The first kappa shape index (κ1) is 18.5. The molecule has 2 aromatic carbocycles. The molecule has 0 saturated carbocycles. The van der Waals surface area contributed by atoms with Crippen LogP contribution in [0.5, 0.6) is 0 Å². The van der Waals surface area contributed by atoms with Crippen molar-refractivity contribution in [3.8, 4) is 11.3 Å². The Morgan fingerprint density at radius 1 is 1.11 bits per heavy atom. The number of hydrogen-bond acceptors (Lipinski definition) is 4. The maximum absolute atomic E-state index is 12.5. The van der Waals surface area contributed by atoms with Gasteiger partial charge < -0.3 is 10.1 Å². The molecule has 1 aromatic heterocycles. The topological polar surface area (TPSA) is 96.1 Å². The molecule has 0 aliphatic carbocycles. The molecule has 0 bridgehead atoms. The second-order valence-electron chi connectivity index (χ2n) is 5.66. The number of anilines is 1. The smallest absolute Gasteiger partial charge is 0.411 e. The molecule has 3 rings (SSSR count). The number of hydrogen-bond donors (Lipinski definition) is 3. The van der Waals surface area contributed by atoms with Crippen LogP contribution in [-0.2, 0) is 11.3 Å². The van der Waals surface area contributed by atoms with Crippen LogP contribution in [0.3, 0.4) is 0 Å². The van der Waals surface area contributed by atoms with Crippen molar-refractivity contribution in [2.75, 3.05) is 12.4 Å².